The smallest absolute Gasteiger partial charge is 0.408 e. The Morgan fingerprint density at radius 2 is 1.69 bits per heavy atom. The van der Waals surface area contributed by atoms with Crippen LogP contribution in [0.15, 0.2) is 57.7 Å². The molecular weight excluding hydrogens is 366 g/mol. The van der Waals surface area contributed by atoms with Gasteiger partial charge in [-0.05, 0) is 42.5 Å². The first kappa shape index (κ1) is 18.2. The first-order valence-corrected chi connectivity index (χ1v) is 10.4. The molecule has 1 aromatic heterocycles. The highest BCUT2D eigenvalue weighted by molar-refractivity contribution is 5.79. The van der Waals surface area contributed by atoms with E-state index >= 15 is 0 Å². The van der Waals surface area contributed by atoms with E-state index in [2.05, 4.69) is 29.2 Å². The Morgan fingerprint density at radius 1 is 0.966 bits per heavy atom. The van der Waals surface area contributed by atoms with E-state index in [0.29, 0.717) is 17.1 Å². The highest BCUT2D eigenvalue weighted by atomic mass is 16.4. The lowest BCUT2D eigenvalue weighted by molar-refractivity contribution is -0.133. The van der Waals surface area contributed by atoms with Crippen molar-refractivity contribution in [1.82, 2.24) is 14.4 Å². The van der Waals surface area contributed by atoms with Gasteiger partial charge in [-0.3, -0.25) is 14.3 Å². The van der Waals surface area contributed by atoms with Crippen LogP contribution < -0.4 is 5.76 Å². The number of aromatic nitrogens is 1. The predicted molar refractivity (Wildman–Crippen MR) is 111 cm³/mol. The van der Waals surface area contributed by atoms with E-state index in [9.17, 15) is 9.59 Å². The molecule has 6 heteroatoms. The molecule has 2 aliphatic heterocycles. The SMILES string of the molecule is O=C(Cn1c(=O)oc2ccccc21)N1CCC(N2CCc3ccccc3C2)CC1. The van der Waals surface area contributed by atoms with E-state index in [1.807, 2.05) is 23.1 Å². The molecule has 0 bridgehead atoms. The minimum Gasteiger partial charge on any atom is -0.408 e. The Morgan fingerprint density at radius 3 is 2.52 bits per heavy atom. The molecule has 0 N–H and O–H groups in total. The summed E-state index contributed by atoms with van der Waals surface area (Å²) in [5.74, 6) is -0.484. The summed E-state index contributed by atoms with van der Waals surface area (Å²) < 4.78 is 6.68. The summed E-state index contributed by atoms with van der Waals surface area (Å²) in [6, 6.07) is 16.4. The monoisotopic (exact) mass is 391 g/mol. The minimum absolute atomic E-state index is 0.0129. The third-order valence-corrected chi connectivity index (χ3v) is 6.36. The molecular formula is C23H25N3O3. The van der Waals surface area contributed by atoms with E-state index in [1.165, 1.54) is 15.7 Å². The Balaban J connectivity index is 1.21. The Kier molecular flexibility index (Phi) is 4.72. The summed E-state index contributed by atoms with van der Waals surface area (Å²) in [5.41, 5.74) is 4.10. The van der Waals surface area contributed by atoms with E-state index < -0.39 is 5.76 Å². The van der Waals surface area contributed by atoms with Gasteiger partial charge in [0.15, 0.2) is 5.58 Å². The molecule has 1 amide bonds. The van der Waals surface area contributed by atoms with Crippen LogP contribution in [-0.4, -0.2) is 46.0 Å². The molecule has 0 saturated carbocycles. The Bertz CT molecular complexity index is 1090. The van der Waals surface area contributed by atoms with Crippen molar-refractivity contribution in [2.45, 2.75) is 38.4 Å². The predicted octanol–water partition coefficient (Wildman–Crippen LogP) is 2.64. The zero-order valence-corrected chi connectivity index (χ0v) is 16.4. The van der Waals surface area contributed by atoms with Crippen molar-refractivity contribution in [1.29, 1.82) is 0 Å². The number of fused-ring (bicyclic) bond motifs is 2. The second-order valence-corrected chi connectivity index (χ2v) is 8.02. The van der Waals surface area contributed by atoms with Gasteiger partial charge in [-0.15, -0.1) is 0 Å². The van der Waals surface area contributed by atoms with Gasteiger partial charge in [0.25, 0.3) is 0 Å². The average Bonchev–Trinajstić information content (AvgIpc) is 3.08. The Labute approximate surface area is 169 Å². The molecule has 0 radical (unpaired) electrons. The van der Waals surface area contributed by atoms with E-state index in [0.717, 1.165) is 45.4 Å². The average molecular weight is 391 g/mol. The molecule has 0 spiro atoms. The van der Waals surface area contributed by atoms with Crippen LogP contribution in [0.2, 0.25) is 0 Å². The largest absolute Gasteiger partial charge is 0.420 e. The minimum atomic E-state index is -0.471. The van der Waals surface area contributed by atoms with Crippen LogP contribution in [-0.2, 0) is 24.3 Å². The van der Waals surface area contributed by atoms with E-state index in [-0.39, 0.29) is 12.5 Å². The van der Waals surface area contributed by atoms with Crippen molar-refractivity contribution in [3.63, 3.8) is 0 Å². The normalized spacial score (nSPS) is 18.1. The zero-order chi connectivity index (χ0) is 19.8. The van der Waals surface area contributed by atoms with Crippen molar-refractivity contribution in [3.8, 4) is 0 Å². The van der Waals surface area contributed by atoms with Crippen molar-refractivity contribution in [3.05, 3.63) is 70.2 Å². The van der Waals surface area contributed by atoms with Crippen LogP contribution in [0, 0.1) is 0 Å². The maximum absolute atomic E-state index is 12.8. The molecule has 29 heavy (non-hydrogen) atoms. The quantitative estimate of drug-likeness (QED) is 0.689. The van der Waals surface area contributed by atoms with Gasteiger partial charge in [0.1, 0.15) is 6.54 Å². The topological polar surface area (TPSA) is 58.7 Å². The summed E-state index contributed by atoms with van der Waals surface area (Å²) in [6.45, 7) is 3.62. The highest BCUT2D eigenvalue weighted by Gasteiger charge is 2.29. The molecule has 0 atom stereocenters. The van der Waals surface area contributed by atoms with Gasteiger partial charge in [-0.1, -0.05) is 36.4 Å². The van der Waals surface area contributed by atoms with Gasteiger partial charge in [-0.2, -0.15) is 0 Å². The standard InChI is InChI=1S/C23H25N3O3/c27-22(16-26-20-7-3-4-8-21(20)29-23(26)28)24-13-10-19(11-14-24)25-12-9-17-5-1-2-6-18(17)15-25/h1-8,19H,9-16H2. The number of nitrogens with zero attached hydrogens (tertiary/aromatic N) is 3. The zero-order valence-electron chi connectivity index (χ0n) is 16.4. The van der Waals surface area contributed by atoms with Gasteiger partial charge in [0, 0.05) is 32.2 Å². The van der Waals surface area contributed by atoms with Crippen LogP contribution in [0.4, 0.5) is 0 Å². The summed E-state index contributed by atoms with van der Waals surface area (Å²) in [7, 11) is 0. The van der Waals surface area contributed by atoms with Gasteiger partial charge in [0.2, 0.25) is 5.91 Å². The summed E-state index contributed by atoms with van der Waals surface area (Å²) in [4.78, 5) is 29.4. The molecule has 1 fully saturated rings. The number of hydrogen-bond donors (Lipinski definition) is 0. The molecule has 1 saturated heterocycles. The summed E-state index contributed by atoms with van der Waals surface area (Å²) in [6.07, 6.45) is 3.07. The van der Waals surface area contributed by atoms with Gasteiger partial charge in [-0.25, -0.2) is 4.79 Å². The number of amides is 1. The molecule has 150 valence electrons. The molecule has 2 aliphatic rings. The van der Waals surface area contributed by atoms with Crippen molar-refractivity contribution in [2.24, 2.45) is 0 Å². The van der Waals surface area contributed by atoms with Crippen LogP contribution in [0.1, 0.15) is 24.0 Å². The number of benzene rings is 2. The number of likely N-dealkylation sites (tertiary alicyclic amines) is 1. The fourth-order valence-electron chi connectivity index (χ4n) is 4.71. The first-order chi connectivity index (χ1) is 14.2. The summed E-state index contributed by atoms with van der Waals surface area (Å²) >= 11 is 0. The lowest BCUT2D eigenvalue weighted by Gasteiger charge is -2.40. The van der Waals surface area contributed by atoms with E-state index in [4.69, 9.17) is 4.42 Å². The van der Waals surface area contributed by atoms with Crippen molar-refractivity contribution >= 4 is 17.0 Å². The molecule has 5 rings (SSSR count). The third-order valence-electron chi connectivity index (χ3n) is 6.36. The number of hydrogen-bond acceptors (Lipinski definition) is 4. The number of rotatable bonds is 3. The maximum atomic E-state index is 12.8. The summed E-state index contributed by atoms with van der Waals surface area (Å²) in [5, 5.41) is 0. The van der Waals surface area contributed by atoms with Crippen LogP contribution >= 0.6 is 0 Å². The van der Waals surface area contributed by atoms with Gasteiger partial charge >= 0.3 is 5.76 Å². The molecule has 0 aliphatic carbocycles. The lowest BCUT2D eigenvalue weighted by atomic mass is 9.95. The second kappa shape index (κ2) is 7.52. The molecule has 2 aromatic carbocycles. The maximum Gasteiger partial charge on any atom is 0.420 e. The lowest BCUT2D eigenvalue weighted by Crippen LogP contribution is -2.48. The number of carbonyl (C=O) groups is 1. The number of piperidine rings is 1. The molecule has 3 aromatic rings. The van der Waals surface area contributed by atoms with Gasteiger partial charge in [0.05, 0.1) is 5.52 Å². The number of oxazole rings is 1. The molecule has 6 nitrogen and oxygen atoms in total. The van der Waals surface area contributed by atoms with E-state index in [1.54, 1.807) is 6.07 Å². The molecule has 3 heterocycles. The Hall–Kier alpha value is -2.86. The van der Waals surface area contributed by atoms with Crippen LogP contribution in [0.5, 0.6) is 0 Å². The third kappa shape index (κ3) is 3.49. The van der Waals surface area contributed by atoms with Crippen molar-refractivity contribution < 1.29 is 9.21 Å². The second-order valence-electron chi connectivity index (χ2n) is 8.02. The first-order valence-electron chi connectivity index (χ1n) is 10.4. The molecule has 0 unspecified atom stereocenters. The highest BCUT2D eigenvalue weighted by Crippen LogP contribution is 2.25. The van der Waals surface area contributed by atoms with Crippen LogP contribution in [0.3, 0.4) is 0 Å². The van der Waals surface area contributed by atoms with Gasteiger partial charge < -0.3 is 9.32 Å². The fraction of sp³-hybridized carbons (Fsp3) is 0.391. The van der Waals surface area contributed by atoms with Crippen LogP contribution in [0.25, 0.3) is 11.1 Å². The number of carbonyl (C=O) groups excluding carboxylic acids is 1. The fourth-order valence-corrected chi connectivity index (χ4v) is 4.71. The van der Waals surface area contributed by atoms with Crippen molar-refractivity contribution in [2.75, 3.05) is 19.6 Å². The number of para-hydroxylation sites is 2.